The monoisotopic (exact) mass is 198 g/mol. The lowest BCUT2D eigenvalue weighted by molar-refractivity contribution is 0.0677. The van der Waals surface area contributed by atoms with Crippen molar-refractivity contribution in [1.29, 1.82) is 0 Å². The minimum atomic E-state index is -1.20. The fraction of sp³-hybridized carbons (Fsp3) is 0.375. The number of hydrogen-bond acceptors (Lipinski definition) is 3. The number of hydrogen-bond donors (Lipinski definition) is 2. The summed E-state index contributed by atoms with van der Waals surface area (Å²) < 4.78 is 1.07. The van der Waals surface area contributed by atoms with Gasteiger partial charge in [-0.25, -0.2) is 9.59 Å². The molecule has 0 spiro atoms. The van der Waals surface area contributed by atoms with Crippen molar-refractivity contribution in [3.05, 3.63) is 17.0 Å². The second kappa shape index (κ2) is 3.49. The molecular weight excluding hydrogens is 188 g/mol. The summed E-state index contributed by atoms with van der Waals surface area (Å²) in [6.07, 6.45) is 0.330. The summed E-state index contributed by atoms with van der Waals surface area (Å²) in [4.78, 5) is 21.5. The average molecular weight is 198 g/mol. The predicted octanol–water partition coefficient (Wildman–Crippen LogP) is 0.379. The highest BCUT2D eigenvalue weighted by Gasteiger charge is 2.23. The molecule has 6 nitrogen and oxygen atoms in total. The van der Waals surface area contributed by atoms with E-state index in [-0.39, 0.29) is 17.0 Å². The van der Waals surface area contributed by atoms with Crippen LogP contribution in [-0.4, -0.2) is 31.9 Å². The standard InChI is InChI=1S/C8H10N2O4/c1-3-4-5(7(11)12)9-10(2)6(4)8(13)14/h3H2,1-2H3,(H,11,12)(H,13,14). The SMILES string of the molecule is CCc1c(C(=O)O)nn(C)c1C(=O)O. The summed E-state index contributed by atoms with van der Waals surface area (Å²) in [6, 6.07) is 0. The molecule has 2 N–H and O–H groups in total. The van der Waals surface area contributed by atoms with Crippen LogP contribution in [0.4, 0.5) is 0 Å². The zero-order valence-corrected chi connectivity index (χ0v) is 7.81. The van der Waals surface area contributed by atoms with Crippen LogP contribution < -0.4 is 0 Å². The number of aromatic carboxylic acids is 2. The Hall–Kier alpha value is -1.85. The number of carboxylic acid groups (broad SMARTS) is 2. The van der Waals surface area contributed by atoms with Gasteiger partial charge in [-0.1, -0.05) is 6.92 Å². The van der Waals surface area contributed by atoms with Gasteiger partial charge in [0.05, 0.1) is 0 Å². The fourth-order valence-corrected chi connectivity index (χ4v) is 1.34. The summed E-state index contributed by atoms with van der Waals surface area (Å²) in [5.41, 5.74) is 0.00444. The van der Waals surface area contributed by atoms with Gasteiger partial charge >= 0.3 is 11.9 Å². The lowest BCUT2D eigenvalue weighted by atomic mass is 10.1. The fourth-order valence-electron chi connectivity index (χ4n) is 1.34. The molecule has 0 aromatic carbocycles. The first kappa shape index (κ1) is 10.2. The van der Waals surface area contributed by atoms with Crippen LogP contribution in [0.15, 0.2) is 0 Å². The maximum atomic E-state index is 10.8. The van der Waals surface area contributed by atoms with E-state index in [9.17, 15) is 9.59 Å². The molecule has 0 unspecified atom stereocenters. The summed E-state index contributed by atoms with van der Waals surface area (Å²) >= 11 is 0. The molecule has 0 aliphatic rings. The van der Waals surface area contributed by atoms with E-state index in [1.165, 1.54) is 7.05 Å². The highest BCUT2D eigenvalue weighted by Crippen LogP contribution is 2.14. The molecule has 0 aliphatic carbocycles. The Kier molecular flexibility index (Phi) is 2.55. The summed E-state index contributed by atoms with van der Waals surface area (Å²) in [5.74, 6) is -2.37. The van der Waals surface area contributed by atoms with Gasteiger partial charge in [-0.15, -0.1) is 0 Å². The molecule has 1 aromatic rings. The van der Waals surface area contributed by atoms with Crippen LogP contribution in [-0.2, 0) is 13.5 Å². The quantitative estimate of drug-likeness (QED) is 0.732. The summed E-state index contributed by atoms with van der Waals surface area (Å²) in [7, 11) is 1.41. The molecule has 0 amide bonds. The Morgan fingerprint density at radius 1 is 1.36 bits per heavy atom. The van der Waals surface area contributed by atoms with Gasteiger partial charge in [0, 0.05) is 12.6 Å². The summed E-state index contributed by atoms with van der Waals surface area (Å²) in [5, 5.41) is 21.2. The molecule has 76 valence electrons. The zero-order valence-electron chi connectivity index (χ0n) is 7.81. The molecule has 0 bridgehead atoms. The first-order valence-electron chi connectivity index (χ1n) is 4.01. The van der Waals surface area contributed by atoms with Crippen LogP contribution >= 0.6 is 0 Å². The highest BCUT2D eigenvalue weighted by atomic mass is 16.4. The van der Waals surface area contributed by atoms with Crippen molar-refractivity contribution < 1.29 is 19.8 Å². The van der Waals surface area contributed by atoms with Crippen LogP contribution in [0.2, 0.25) is 0 Å². The van der Waals surface area contributed by atoms with Crippen molar-refractivity contribution in [1.82, 2.24) is 9.78 Å². The molecule has 0 aliphatic heterocycles. The van der Waals surface area contributed by atoms with Crippen LogP contribution in [0.25, 0.3) is 0 Å². The van der Waals surface area contributed by atoms with E-state index in [0.29, 0.717) is 6.42 Å². The van der Waals surface area contributed by atoms with Crippen LogP contribution in [0.1, 0.15) is 33.5 Å². The van der Waals surface area contributed by atoms with Gasteiger partial charge < -0.3 is 10.2 Å². The number of rotatable bonds is 3. The molecule has 1 aromatic heterocycles. The molecule has 6 heteroatoms. The maximum absolute atomic E-state index is 10.8. The number of aryl methyl sites for hydroxylation is 1. The molecule has 1 rings (SSSR count). The van der Waals surface area contributed by atoms with Gasteiger partial charge in [0.15, 0.2) is 5.69 Å². The van der Waals surface area contributed by atoms with Crippen molar-refractivity contribution in [3.8, 4) is 0 Å². The van der Waals surface area contributed by atoms with Crippen LogP contribution in [0.3, 0.4) is 0 Å². The van der Waals surface area contributed by atoms with Crippen molar-refractivity contribution in [3.63, 3.8) is 0 Å². The third kappa shape index (κ3) is 1.46. The normalized spacial score (nSPS) is 10.1. The maximum Gasteiger partial charge on any atom is 0.356 e. The van der Waals surface area contributed by atoms with Gasteiger partial charge in [0.2, 0.25) is 0 Å². The van der Waals surface area contributed by atoms with E-state index in [1.807, 2.05) is 0 Å². The first-order chi connectivity index (χ1) is 6.49. The Bertz CT molecular complexity index is 394. The van der Waals surface area contributed by atoms with Crippen LogP contribution in [0.5, 0.6) is 0 Å². The lowest BCUT2D eigenvalue weighted by Crippen LogP contribution is -2.07. The summed E-state index contributed by atoms with van der Waals surface area (Å²) in [6.45, 7) is 1.69. The molecule has 1 heterocycles. The largest absolute Gasteiger partial charge is 0.477 e. The molecule has 0 atom stereocenters. The Balaban J connectivity index is 3.43. The van der Waals surface area contributed by atoms with E-state index in [4.69, 9.17) is 10.2 Å². The van der Waals surface area contributed by atoms with Crippen molar-refractivity contribution >= 4 is 11.9 Å². The Morgan fingerprint density at radius 2 is 1.93 bits per heavy atom. The molecule has 0 fully saturated rings. The van der Waals surface area contributed by atoms with Gasteiger partial charge in [-0.3, -0.25) is 4.68 Å². The highest BCUT2D eigenvalue weighted by molar-refractivity contribution is 5.94. The second-order valence-corrected chi connectivity index (χ2v) is 2.76. The van der Waals surface area contributed by atoms with Crippen molar-refractivity contribution in [2.45, 2.75) is 13.3 Å². The smallest absolute Gasteiger partial charge is 0.356 e. The van der Waals surface area contributed by atoms with Crippen LogP contribution in [0, 0.1) is 0 Å². The van der Waals surface area contributed by atoms with E-state index in [1.54, 1.807) is 6.92 Å². The minimum absolute atomic E-state index is 0.0649. The molecule has 0 saturated carbocycles. The number of nitrogens with zero attached hydrogens (tertiary/aromatic N) is 2. The van der Waals surface area contributed by atoms with Gasteiger partial charge in [-0.05, 0) is 6.42 Å². The molecule has 0 saturated heterocycles. The van der Waals surface area contributed by atoms with Gasteiger partial charge in [0.25, 0.3) is 0 Å². The second-order valence-electron chi connectivity index (χ2n) is 2.76. The van der Waals surface area contributed by atoms with E-state index in [2.05, 4.69) is 5.10 Å². The minimum Gasteiger partial charge on any atom is -0.477 e. The molecule has 14 heavy (non-hydrogen) atoms. The Morgan fingerprint density at radius 3 is 2.29 bits per heavy atom. The lowest BCUT2D eigenvalue weighted by Gasteiger charge is -1.97. The van der Waals surface area contributed by atoms with E-state index >= 15 is 0 Å². The van der Waals surface area contributed by atoms with Crippen molar-refractivity contribution in [2.75, 3.05) is 0 Å². The average Bonchev–Trinajstić information content (AvgIpc) is 2.41. The first-order valence-corrected chi connectivity index (χ1v) is 4.01. The number of aromatic nitrogens is 2. The topological polar surface area (TPSA) is 92.4 Å². The van der Waals surface area contributed by atoms with E-state index < -0.39 is 11.9 Å². The molecular formula is C8H10N2O4. The van der Waals surface area contributed by atoms with Gasteiger partial charge in [0.1, 0.15) is 5.69 Å². The Labute approximate surface area is 79.8 Å². The number of carbonyl (C=O) groups is 2. The number of carboxylic acids is 2. The zero-order chi connectivity index (χ0) is 10.9. The van der Waals surface area contributed by atoms with E-state index in [0.717, 1.165) is 4.68 Å². The third-order valence-electron chi connectivity index (χ3n) is 1.90. The predicted molar refractivity (Wildman–Crippen MR) is 46.5 cm³/mol. The van der Waals surface area contributed by atoms with Crippen molar-refractivity contribution in [2.24, 2.45) is 7.05 Å². The third-order valence-corrected chi connectivity index (χ3v) is 1.90. The van der Waals surface area contributed by atoms with Gasteiger partial charge in [-0.2, -0.15) is 5.10 Å². The molecule has 0 radical (unpaired) electrons.